The van der Waals surface area contributed by atoms with E-state index < -0.39 is 5.91 Å². The Balaban J connectivity index is 1.58. The Morgan fingerprint density at radius 3 is 2.70 bits per heavy atom. The average Bonchev–Trinajstić information content (AvgIpc) is 3.12. The molecule has 0 saturated heterocycles. The van der Waals surface area contributed by atoms with Crippen LogP contribution in [0, 0.1) is 0 Å². The minimum absolute atomic E-state index is 0.154. The summed E-state index contributed by atoms with van der Waals surface area (Å²) in [6, 6.07) is 10.5. The van der Waals surface area contributed by atoms with Crippen molar-refractivity contribution in [3.05, 3.63) is 42.0 Å². The Labute approximate surface area is 156 Å². The lowest BCUT2D eigenvalue weighted by molar-refractivity contribution is -0.120. The number of carbonyl (C=O) groups is 2. The zero-order chi connectivity index (χ0) is 19.2. The van der Waals surface area contributed by atoms with Crippen LogP contribution in [-0.4, -0.2) is 32.3 Å². The Morgan fingerprint density at radius 1 is 1.11 bits per heavy atom. The molecule has 142 valence electrons. The van der Waals surface area contributed by atoms with Gasteiger partial charge in [-0.25, -0.2) is 0 Å². The SMILES string of the molecule is COc1ccc(NC(=O)CCc2ccc3c(c2)OCO3)cc1OCC(N)=O. The molecular formula is C19H20N2O6. The molecule has 0 aliphatic carbocycles. The first-order valence-electron chi connectivity index (χ1n) is 8.32. The third-order valence-electron chi connectivity index (χ3n) is 3.90. The third kappa shape index (κ3) is 4.81. The van der Waals surface area contributed by atoms with Crippen LogP contribution in [0.2, 0.25) is 0 Å². The fraction of sp³-hybridized carbons (Fsp3) is 0.263. The molecule has 3 rings (SSSR count). The molecule has 0 fully saturated rings. The molecule has 1 aliphatic heterocycles. The molecule has 27 heavy (non-hydrogen) atoms. The van der Waals surface area contributed by atoms with E-state index in [0.29, 0.717) is 41.5 Å². The van der Waals surface area contributed by atoms with E-state index in [1.807, 2.05) is 18.2 Å². The highest BCUT2D eigenvalue weighted by Crippen LogP contribution is 2.33. The molecule has 0 saturated carbocycles. The monoisotopic (exact) mass is 372 g/mol. The molecule has 1 heterocycles. The van der Waals surface area contributed by atoms with Crippen LogP contribution < -0.4 is 30.0 Å². The van der Waals surface area contributed by atoms with E-state index in [1.165, 1.54) is 7.11 Å². The van der Waals surface area contributed by atoms with E-state index >= 15 is 0 Å². The first-order chi connectivity index (χ1) is 13.0. The summed E-state index contributed by atoms with van der Waals surface area (Å²) in [5.41, 5.74) is 6.60. The highest BCUT2D eigenvalue weighted by molar-refractivity contribution is 5.91. The summed E-state index contributed by atoms with van der Waals surface area (Å²) in [5.74, 6) is 1.41. The number of primary amides is 1. The van der Waals surface area contributed by atoms with Crippen LogP contribution in [0.25, 0.3) is 0 Å². The van der Waals surface area contributed by atoms with Gasteiger partial charge in [0.25, 0.3) is 5.91 Å². The number of hydrogen-bond acceptors (Lipinski definition) is 6. The van der Waals surface area contributed by atoms with Crippen LogP contribution in [0.15, 0.2) is 36.4 Å². The van der Waals surface area contributed by atoms with Crippen LogP contribution >= 0.6 is 0 Å². The van der Waals surface area contributed by atoms with Crippen molar-refractivity contribution >= 4 is 17.5 Å². The lowest BCUT2D eigenvalue weighted by atomic mass is 10.1. The van der Waals surface area contributed by atoms with Gasteiger partial charge in [-0.05, 0) is 36.2 Å². The number of benzene rings is 2. The van der Waals surface area contributed by atoms with Crippen molar-refractivity contribution in [3.8, 4) is 23.0 Å². The molecule has 0 radical (unpaired) electrons. The van der Waals surface area contributed by atoms with Gasteiger partial charge in [-0.3, -0.25) is 9.59 Å². The van der Waals surface area contributed by atoms with Gasteiger partial charge in [-0.1, -0.05) is 6.07 Å². The Morgan fingerprint density at radius 2 is 1.93 bits per heavy atom. The molecule has 0 bridgehead atoms. The molecule has 2 aromatic carbocycles. The van der Waals surface area contributed by atoms with E-state index in [4.69, 9.17) is 24.7 Å². The standard InChI is InChI=1S/C19H20N2O6/c1-24-14-6-4-13(9-17(14)25-10-18(20)22)21-19(23)7-3-12-2-5-15-16(8-12)27-11-26-15/h2,4-6,8-9H,3,7,10-11H2,1H3,(H2,20,22)(H,21,23). The maximum atomic E-state index is 12.2. The second-order valence-electron chi connectivity index (χ2n) is 5.86. The highest BCUT2D eigenvalue weighted by atomic mass is 16.7. The van der Waals surface area contributed by atoms with Crippen molar-refractivity contribution in [2.24, 2.45) is 5.73 Å². The maximum absolute atomic E-state index is 12.2. The van der Waals surface area contributed by atoms with Crippen molar-refractivity contribution in [2.75, 3.05) is 25.8 Å². The number of fused-ring (bicyclic) bond motifs is 1. The quantitative estimate of drug-likeness (QED) is 0.732. The smallest absolute Gasteiger partial charge is 0.255 e. The molecule has 1 aliphatic rings. The van der Waals surface area contributed by atoms with Gasteiger partial charge in [0.2, 0.25) is 12.7 Å². The van der Waals surface area contributed by atoms with Crippen molar-refractivity contribution in [2.45, 2.75) is 12.8 Å². The normalized spacial score (nSPS) is 11.7. The number of carbonyl (C=O) groups excluding carboxylic acids is 2. The van der Waals surface area contributed by atoms with Gasteiger partial charge in [0, 0.05) is 18.2 Å². The number of methoxy groups -OCH3 is 1. The molecule has 0 atom stereocenters. The molecule has 2 aromatic rings. The molecule has 2 amide bonds. The zero-order valence-corrected chi connectivity index (χ0v) is 14.8. The van der Waals surface area contributed by atoms with Gasteiger partial charge < -0.3 is 30.0 Å². The van der Waals surface area contributed by atoms with Crippen molar-refractivity contribution in [1.82, 2.24) is 0 Å². The van der Waals surface area contributed by atoms with Gasteiger partial charge in [0.15, 0.2) is 29.6 Å². The number of hydrogen-bond donors (Lipinski definition) is 2. The summed E-state index contributed by atoms with van der Waals surface area (Å²) in [4.78, 5) is 23.1. The molecule has 8 heteroatoms. The number of nitrogens with two attached hydrogens (primary N) is 1. The molecule has 3 N–H and O–H groups in total. The first-order valence-corrected chi connectivity index (χ1v) is 8.32. The number of nitrogens with one attached hydrogen (secondary N) is 1. The van der Waals surface area contributed by atoms with Crippen molar-refractivity contribution in [3.63, 3.8) is 0 Å². The summed E-state index contributed by atoms with van der Waals surface area (Å²) in [6.45, 7) is -0.0607. The van der Waals surface area contributed by atoms with E-state index in [-0.39, 0.29) is 19.3 Å². The predicted molar refractivity (Wildman–Crippen MR) is 97.2 cm³/mol. The predicted octanol–water partition coefficient (Wildman–Crippen LogP) is 1.86. The maximum Gasteiger partial charge on any atom is 0.255 e. The topological polar surface area (TPSA) is 109 Å². The van der Waals surface area contributed by atoms with Crippen LogP contribution in [0.3, 0.4) is 0 Å². The summed E-state index contributed by atoms with van der Waals surface area (Å²) in [5, 5.41) is 2.80. The highest BCUT2D eigenvalue weighted by Gasteiger charge is 2.14. The van der Waals surface area contributed by atoms with Crippen LogP contribution in [-0.2, 0) is 16.0 Å². The average molecular weight is 372 g/mol. The largest absolute Gasteiger partial charge is 0.493 e. The van der Waals surface area contributed by atoms with Gasteiger partial charge >= 0.3 is 0 Å². The number of rotatable bonds is 8. The molecule has 0 spiro atoms. The van der Waals surface area contributed by atoms with E-state index in [9.17, 15) is 9.59 Å². The van der Waals surface area contributed by atoms with Crippen LogP contribution in [0.4, 0.5) is 5.69 Å². The summed E-state index contributed by atoms with van der Waals surface area (Å²) in [6.07, 6.45) is 0.854. The van der Waals surface area contributed by atoms with Gasteiger partial charge in [0.05, 0.1) is 7.11 Å². The Kier molecular flexibility index (Phi) is 5.65. The second-order valence-corrected chi connectivity index (χ2v) is 5.86. The summed E-state index contributed by atoms with van der Waals surface area (Å²) in [7, 11) is 1.48. The Hall–Kier alpha value is -3.42. The van der Waals surface area contributed by atoms with E-state index in [2.05, 4.69) is 5.32 Å². The number of amides is 2. The number of ether oxygens (including phenoxy) is 4. The third-order valence-corrected chi connectivity index (χ3v) is 3.90. The van der Waals surface area contributed by atoms with E-state index in [1.54, 1.807) is 18.2 Å². The van der Waals surface area contributed by atoms with Gasteiger partial charge in [-0.2, -0.15) is 0 Å². The molecular weight excluding hydrogens is 352 g/mol. The fourth-order valence-electron chi connectivity index (χ4n) is 2.59. The lowest BCUT2D eigenvalue weighted by Crippen LogP contribution is -2.20. The molecule has 8 nitrogen and oxygen atoms in total. The van der Waals surface area contributed by atoms with E-state index in [0.717, 1.165) is 5.56 Å². The van der Waals surface area contributed by atoms with Crippen molar-refractivity contribution in [1.29, 1.82) is 0 Å². The number of aryl methyl sites for hydroxylation is 1. The minimum Gasteiger partial charge on any atom is -0.493 e. The summed E-state index contributed by atoms with van der Waals surface area (Å²) < 4.78 is 21.1. The first kappa shape index (κ1) is 18.4. The van der Waals surface area contributed by atoms with Gasteiger partial charge in [0.1, 0.15) is 0 Å². The van der Waals surface area contributed by atoms with Crippen molar-refractivity contribution < 1.29 is 28.5 Å². The summed E-state index contributed by atoms with van der Waals surface area (Å²) >= 11 is 0. The molecule has 0 aromatic heterocycles. The fourth-order valence-corrected chi connectivity index (χ4v) is 2.59. The van der Waals surface area contributed by atoms with Gasteiger partial charge in [-0.15, -0.1) is 0 Å². The van der Waals surface area contributed by atoms with Crippen LogP contribution in [0.5, 0.6) is 23.0 Å². The number of anilines is 1. The second kappa shape index (κ2) is 8.31. The lowest BCUT2D eigenvalue weighted by Gasteiger charge is -2.12. The Bertz CT molecular complexity index is 852. The van der Waals surface area contributed by atoms with Crippen LogP contribution in [0.1, 0.15) is 12.0 Å². The minimum atomic E-state index is -0.602. The zero-order valence-electron chi connectivity index (χ0n) is 14.8. The molecule has 0 unspecified atom stereocenters.